The minimum Gasteiger partial charge on any atom is -0.472 e. The Morgan fingerprint density at radius 1 is 1.16 bits per heavy atom. The first-order valence-corrected chi connectivity index (χ1v) is 10.2. The molecule has 156 valence electrons. The number of tetrazole rings is 1. The zero-order valence-corrected chi connectivity index (χ0v) is 17.1. The van der Waals surface area contributed by atoms with E-state index in [2.05, 4.69) is 44.4 Å². The molecule has 31 heavy (non-hydrogen) atoms. The van der Waals surface area contributed by atoms with Crippen LogP contribution in [0.3, 0.4) is 0 Å². The molecular formula is C23H22N6O2. The van der Waals surface area contributed by atoms with E-state index in [0.717, 1.165) is 41.4 Å². The van der Waals surface area contributed by atoms with E-state index in [4.69, 9.17) is 0 Å². The van der Waals surface area contributed by atoms with Crippen molar-refractivity contribution in [3.8, 4) is 23.2 Å². The van der Waals surface area contributed by atoms with Gasteiger partial charge in [0.25, 0.3) is 0 Å². The maximum atomic E-state index is 11.5. The SMILES string of the molecule is CCCCCC(C#CC(=O)O)(c1ccccc1-c1nn[nH]n1)n1cnc2ccccc21. The highest BCUT2D eigenvalue weighted by Gasteiger charge is 2.36. The number of fused-ring (bicyclic) bond motifs is 1. The molecule has 2 aromatic heterocycles. The van der Waals surface area contributed by atoms with Gasteiger partial charge in [-0.2, -0.15) is 5.21 Å². The summed E-state index contributed by atoms with van der Waals surface area (Å²) in [6.07, 6.45) is 5.22. The second kappa shape index (κ2) is 8.79. The maximum Gasteiger partial charge on any atom is 0.381 e. The van der Waals surface area contributed by atoms with Gasteiger partial charge < -0.3 is 9.67 Å². The number of hydrogen-bond acceptors (Lipinski definition) is 5. The van der Waals surface area contributed by atoms with E-state index < -0.39 is 11.5 Å². The molecule has 1 atom stereocenters. The Balaban J connectivity index is 2.04. The fourth-order valence-corrected chi connectivity index (χ4v) is 3.94. The number of carboxylic acids is 1. The molecule has 1 unspecified atom stereocenters. The standard InChI is InChI=1S/C23H22N6O2/c1-2-3-8-14-23(15-13-21(30)31,29-16-24-19-11-6-7-12-20(19)29)18-10-5-4-9-17(18)22-25-27-28-26-22/h4-7,9-12,16H,2-3,8,14H2,1H3,(H,30,31)(H,25,26,27,28). The summed E-state index contributed by atoms with van der Waals surface area (Å²) in [5, 5.41) is 23.9. The quantitative estimate of drug-likeness (QED) is 0.353. The van der Waals surface area contributed by atoms with Crippen molar-refractivity contribution in [3.63, 3.8) is 0 Å². The Hall–Kier alpha value is -3.99. The number of aliphatic carboxylic acids is 1. The van der Waals surface area contributed by atoms with Crippen molar-refractivity contribution in [3.05, 3.63) is 60.4 Å². The molecule has 8 heteroatoms. The van der Waals surface area contributed by atoms with Crippen LogP contribution in [0.5, 0.6) is 0 Å². The molecule has 0 amide bonds. The summed E-state index contributed by atoms with van der Waals surface area (Å²) in [4.78, 5) is 16.1. The van der Waals surface area contributed by atoms with Gasteiger partial charge in [-0.15, -0.1) is 10.2 Å². The number of nitrogens with zero attached hydrogens (tertiary/aromatic N) is 5. The highest BCUT2D eigenvalue weighted by molar-refractivity contribution is 5.87. The van der Waals surface area contributed by atoms with E-state index in [-0.39, 0.29) is 0 Å². The molecule has 4 rings (SSSR count). The third kappa shape index (κ3) is 3.90. The smallest absolute Gasteiger partial charge is 0.381 e. The van der Waals surface area contributed by atoms with Gasteiger partial charge in [0.05, 0.1) is 17.4 Å². The number of benzene rings is 2. The molecule has 2 N–H and O–H groups in total. The third-order valence-corrected chi connectivity index (χ3v) is 5.34. The van der Waals surface area contributed by atoms with Crippen molar-refractivity contribution >= 4 is 17.0 Å². The lowest BCUT2D eigenvalue weighted by Crippen LogP contribution is -2.34. The number of imidazole rings is 1. The topological polar surface area (TPSA) is 110 Å². The van der Waals surface area contributed by atoms with Crippen LogP contribution < -0.4 is 0 Å². The van der Waals surface area contributed by atoms with E-state index in [1.54, 1.807) is 6.33 Å². The molecular weight excluding hydrogens is 392 g/mol. The molecule has 2 aromatic carbocycles. The second-order valence-electron chi connectivity index (χ2n) is 7.26. The number of rotatable bonds is 7. The molecule has 0 spiro atoms. The Morgan fingerprint density at radius 3 is 2.74 bits per heavy atom. The van der Waals surface area contributed by atoms with Crippen LogP contribution in [0.2, 0.25) is 0 Å². The Morgan fingerprint density at radius 2 is 1.97 bits per heavy atom. The van der Waals surface area contributed by atoms with E-state index >= 15 is 0 Å². The predicted molar refractivity (Wildman–Crippen MR) is 116 cm³/mol. The van der Waals surface area contributed by atoms with Crippen LogP contribution in [-0.2, 0) is 10.3 Å². The number of unbranched alkanes of at least 4 members (excludes halogenated alkanes) is 2. The van der Waals surface area contributed by atoms with Crippen LogP contribution in [0.1, 0.15) is 38.2 Å². The fraction of sp³-hybridized carbons (Fsp3) is 0.261. The van der Waals surface area contributed by atoms with Crippen molar-refractivity contribution in [2.75, 3.05) is 0 Å². The number of para-hydroxylation sites is 2. The molecule has 0 aliphatic rings. The molecule has 8 nitrogen and oxygen atoms in total. The van der Waals surface area contributed by atoms with Gasteiger partial charge in [-0.3, -0.25) is 0 Å². The average Bonchev–Trinajstić information content (AvgIpc) is 3.47. The first-order valence-electron chi connectivity index (χ1n) is 10.2. The fourth-order valence-electron chi connectivity index (χ4n) is 3.94. The first-order chi connectivity index (χ1) is 15.2. The van der Waals surface area contributed by atoms with E-state index in [0.29, 0.717) is 12.2 Å². The maximum absolute atomic E-state index is 11.5. The van der Waals surface area contributed by atoms with E-state index in [9.17, 15) is 9.90 Å². The zero-order chi connectivity index (χ0) is 21.7. The third-order valence-electron chi connectivity index (χ3n) is 5.34. The van der Waals surface area contributed by atoms with Crippen LogP contribution in [0.15, 0.2) is 54.9 Å². The lowest BCUT2D eigenvalue weighted by Gasteiger charge is -2.33. The van der Waals surface area contributed by atoms with Crippen molar-refractivity contribution in [1.82, 2.24) is 30.2 Å². The van der Waals surface area contributed by atoms with Crippen LogP contribution >= 0.6 is 0 Å². The lowest BCUT2D eigenvalue weighted by molar-refractivity contribution is -0.130. The predicted octanol–water partition coefficient (Wildman–Crippen LogP) is 3.63. The molecule has 0 saturated carbocycles. The number of H-pyrrole nitrogens is 1. The Labute approximate surface area is 179 Å². The highest BCUT2D eigenvalue weighted by Crippen LogP contribution is 2.39. The minimum absolute atomic E-state index is 0.428. The summed E-state index contributed by atoms with van der Waals surface area (Å²) >= 11 is 0. The molecule has 0 bridgehead atoms. The summed E-state index contributed by atoms with van der Waals surface area (Å²) in [6.45, 7) is 2.13. The summed E-state index contributed by atoms with van der Waals surface area (Å²) in [6, 6.07) is 15.4. The van der Waals surface area contributed by atoms with Gasteiger partial charge in [0.15, 0.2) is 0 Å². The van der Waals surface area contributed by atoms with Gasteiger partial charge in [-0.25, -0.2) is 9.78 Å². The molecule has 2 heterocycles. The number of nitrogens with one attached hydrogen (secondary N) is 1. The Bertz CT molecular complexity index is 1250. The van der Waals surface area contributed by atoms with Crippen LogP contribution in [0.4, 0.5) is 0 Å². The monoisotopic (exact) mass is 414 g/mol. The lowest BCUT2D eigenvalue weighted by atomic mass is 9.81. The van der Waals surface area contributed by atoms with Gasteiger partial charge in [-0.05, 0) is 30.2 Å². The van der Waals surface area contributed by atoms with Gasteiger partial charge >= 0.3 is 5.97 Å². The summed E-state index contributed by atoms with van der Waals surface area (Å²) in [5.74, 6) is 4.73. The molecule has 0 fully saturated rings. The summed E-state index contributed by atoms with van der Waals surface area (Å²) in [7, 11) is 0. The number of aromatic nitrogens is 6. The Kier molecular flexibility index (Phi) is 5.76. The first kappa shape index (κ1) is 20.3. The van der Waals surface area contributed by atoms with Crippen LogP contribution in [0.25, 0.3) is 22.4 Å². The highest BCUT2D eigenvalue weighted by atomic mass is 16.4. The van der Waals surface area contributed by atoms with Gasteiger partial charge in [0.2, 0.25) is 5.82 Å². The zero-order valence-electron chi connectivity index (χ0n) is 17.1. The van der Waals surface area contributed by atoms with Gasteiger partial charge in [0, 0.05) is 17.0 Å². The molecule has 0 saturated heterocycles. The van der Waals surface area contributed by atoms with E-state index in [1.807, 2.05) is 53.1 Å². The summed E-state index contributed by atoms with van der Waals surface area (Å²) < 4.78 is 1.98. The molecule has 0 radical (unpaired) electrons. The van der Waals surface area contributed by atoms with Crippen molar-refractivity contribution in [1.29, 1.82) is 0 Å². The van der Waals surface area contributed by atoms with Crippen molar-refractivity contribution < 1.29 is 9.90 Å². The second-order valence-corrected chi connectivity index (χ2v) is 7.26. The number of aromatic amines is 1. The number of carboxylic acid groups (broad SMARTS) is 1. The largest absolute Gasteiger partial charge is 0.472 e. The normalized spacial score (nSPS) is 12.8. The van der Waals surface area contributed by atoms with Gasteiger partial charge in [-0.1, -0.05) is 62.1 Å². The molecule has 0 aliphatic carbocycles. The average molecular weight is 414 g/mol. The van der Waals surface area contributed by atoms with Crippen LogP contribution in [0, 0.1) is 11.8 Å². The number of hydrogen-bond donors (Lipinski definition) is 2. The molecule has 0 aliphatic heterocycles. The van der Waals surface area contributed by atoms with Gasteiger partial charge in [0.1, 0.15) is 5.54 Å². The van der Waals surface area contributed by atoms with Crippen molar-refractivity contribution in [2.24, 2.45) is 0 Å². The van der Waals surface area contributed by atoms with E-state index in [1.165, 1.54) is 0 Å². The summed E-state index contributed by atoms with van der Waals surface area (Å²) in [5.41, 5.74) is 2.27. The number of carbonyl (C=O) groups is 1. The minimum atomic E-state index is -1.18. The molecule has 4 aromatic rings. The van der Waals surface area contributed by atoms with Crippen molar-refractivity contribution in [2.45, 2.75) is 38.1 Å². The van der Waals surface area contributed by atoms with Crippen LogP contribution in [-0.4, -0.2) is 41.3 Å².